The van der Waals surface area contributed by atoms with Gasteiger partial charge < -0.3 is 0 Å². The normalized spacial score (nSPS) is 13.8. The van der Waals surface area contributed by atoms with Crippen molar-refractivity contribution >= 4 is 0 Å². The zero-order chi connectivity index (χ0) is 9.94. The highest BCUT2D eigenvalue weighted by Crippen LogP contribution is 2.15. The molecule has 0 N–H and O–H groups in total. The summed E-state index contributed by atoms with van der Waals surface area (Å²) in [5, 5.41) is 10.2. The monoisotopic (exact) mass is 183 g/mol. The minimum absolute atomic E-state index is 0.102. The minimum atomic E-state index is 0.102. The summed E-state index contributed by atoms with van der Waals surface area (Å²) in [7, 11) is 0. The minimum Gasteiger partial charge on any atom is -0.237 e. The molecule has 0 heterocycles. The first-order chi connectivity index (χ1) is 6.31. The van der Waals surface area contributed by atoms with E-state index in [2.05, 4.69) is 26.0 Å². The topological polar surface area (TPSA) is 19.9 Å². The second-order valence-corrected chi connectivity index (χ2v) is 3.81. The van der Waals surface area contributed by atoms with Gasteiger partial charge in [-0.2, -0.15) is 0 Å². The molecule has 0 bridgehead atoms. The second-order valence-electron chi connectivity index (χ2n) is 3.81. The van der Waals surface area contributed by atoms with Gasteiger partial charge in [-0.25, -0.2) is 5.11 Å². The third kappa shape index (κ3) is 9.62. The van der Waals surface area contributed by atoms with Crippen molar-refractivity contribution in [1.82, 2.24) is 0 Å². The number of hydrogen-bond acceptors (Lipinski definition) is 0. The van der Waals surface area contributed by atoms with E-state index in [0.29, 0.717) is 0 Å². The molecule has 0 aromatic heterocycles. The third-order valence-corrected chi connectivity index (χ3v) is 2.39. The molecule has 1 atom stereocenters. The molecule has 0 saturated heterocycles. The molecule has 0 aliphatic heterocycles. The lowest BCUT2D eigenvalue weighted by Crippen LogP contribution is -1.95. The van der Waals surface area contributed by atoms with Crippen molar-refractivity contribution < 1.29 is 5.11 Å². The van der Waals surface area contributed by atoms with Crippen molar-refractivity contribution in [1.29, 1.82) is 0 Å². The summed E-state index contributed by atoms with van der Waals surface area (Å²) >= 11 is 0. The van der Waals surface area contributed by atoms with E-state index in [1.54, 1.807) is 0 Å². The molecule has 0 amide bonds. The van der Waals surface area contributed by atoms with Gasteiger partial charge >= 0.3 is 0 Å². The molecule has 0 aromatic rings. The fourth-order valence-corrected chi connectivity index (χ4v) is 1.49. The van der Waals surface area contributed by atoms with E-state index in [-0.39, 0.29) is 6.61 Å². The predicted octanol–water partition coefficient (Wildman–Crippen LogP) is 3.97. The quantitative estimate of drug-likeness (QED) is 0.401. The Morgan fingerprint density at radius 2 is 1.85 bits per heavy atom. The maximum Gasteiger partial charge on any atom is 0.0822 e. The summed E-state index contributed by atoms with van der Waals surface area (Å²) in [4.78, 5) is 0. The Balaban J connectivity index is 3.14. The van der Waals surface area contributed by atoms with Crippen molar-refractivity contribution in [2.24, 2.45) is 5.92 Å². The molecule has 1 nitrogen and oxygen atoms in total. The van der Waals surface area contributed by atoms with Gasteiger partial charge in [0.25, 0.3) is 0 Å². The van der Waals surface area contributed by atoms with Gasteiger partial charge in [0.15, 0.2) is 0 Å². The van der Waals surface area contributed by atoms with Crippen LogP contribution in [0.5, 0.6) is 0 Å². The Morgan fingerprint density at radius 3 is 2.46 bits per heavy atom. The summed E-state index contributed by atoms with van der Waals surface area (Å²) in [5.74, 6) is 0.803. The van der Waals surface area contributed by atoms with Crippen LogP contribution < -0.4 is 0 Å². The van der Waals surface area contributed by atoms with Crippen molar-refractivity contribution in [2.45, 2.75) is 52.4 Å². The van der Waals surface area contributed by atoms with Crippen LogP contribution in [0.2, 0.25) is 0 Å². The number of allylic oxidation sites excluding steroid dienone is 2. The summed E-state index contributed by atoms with van der Waals surface area (Å²) < 4.78 is 0. The van der Waals surface area contributed by atoms with Gasteiger partial charge in [-0.3, -0.25) is 0 Å². The van der Waals surface area contributed by atoms with Crippen LogP contribution in [0, 0.1) is 5.92 Å². The predicted molar refractivity (Wildman–Crippen MR) is 57.2 cm³/mol. The summed E-state index contributed by atoms with van der Waals surface area (Å²) in [6, 6.07) is 0. The fourth-order valence-electron chi connectivity index (χ4n) is 1.49. The van der Waals surface area contributed by atoms with Gasteiger partial charge in [-0.05, 0) is 32.1 Å². The van der Waals surface area contributed by atoms with Crippen molar-refractivity contribution in [3.8, 4) is 0 Å². The SMILES string of the molecule is C/C=C/CCCC(C)CCCC[O]. The van der Waals surface area contributed by atoms with Gasteiger partial charge in [-0.15, -0.1) is 0 Å². The lowest BCUT2D eigenvalue weighted by molar-refractivity contribution is 0.184. The standard InChI is InChI=1S/C12H23O/c1-3-4-5-6-9-12(2)10-7-8-11-13/h3-4,12H,5-11H2,1-2H3/b4-3+. The Labute approximate surface area is 82.9 Å². The lowest BCUT2D eigenvalue weighted by Gasteiger charge is -2.09. The highest BCUT2D eigenvalue weighted by molar-refractivity contribution is 4.76. The fraction of sp³-hybridized carbons (Fsp3) is 0.833. The molecule has 0 aromatic carbocycles. The maximum atomic E-state index is 10.2. The van der Waals surface area contributed by atoms with E-state index in [9.17, 15) is 5.11 Å². The van der Waals surface area contributed by atoms with E-state index < -0.39 is 0 Å². The molecule has 1 radical (unpaired) electrons. The zero-order valence-corrected chi connectivity index (χ0v) is 9.09. The molecule has 77 valence electrons. The highest BCUT2D eigenvalue weighted by Gasteiger charge is 2.00. The second kappa shape index (κ2) is 9.79. The van der Waals surface area contributed by atoms with E-state index in [4.69, 9.17) is 0 Å². The van der Waals surface area contributed by atoms with Gasteiger partial charge in [0.05, 0.1) is 6.61 Å². The number of hydrogen-bond donors (Lipinski definition) is 0. The average molecular weight is 183 g/mol. The molecule has 0 aliphatic rings. The van der Waals surface area contributed by atoms with Crippen LogP contribution in [0.25, 0.3) is 0 Å². The first-order valence-electron chi connectivity index (χ1n) is 5.50. The van der Waals surface area contributed by atoms with E-state index in [1.165, 1.54) is 25.7 Å². The molecule has 0 saturated carbocycles. The van der Waals surface area contributed by atoms with Crippen LogP contribution in [0.1, 0.15) is 52.4 Å². The van der Waals surface area contributed by atoms with Gasteiger partial charge in [-0.1, -0.05) is 38.3 Å². The molecule has 0 aliphatic carbocycles. The first-order valence-corrected chi connectivity index (χ1v) is 5.50. The van der Waals surface area contributed by atoms with Crippen molar-refractivity contribution in [3.05, 3.63) is 12.2 Å². The zero-order valence-electron chi connectivity index (χ0n) is 9.09. The smallest absolute Gasteiger partial charge is 0.0822 e. The van der Waals surface area contributed by atoms with Crippen molar-refractivity contribution in [2.75, 3.05) is 6.61 Å². The van der Waals surface area contributed by atoms with Crippen LogP contribution in [0.4, 0.5) is 0 Å². The summed E-state index contributed by atoms with van der Waals surface area (Å²) in [6.07, 6.45) is 11.4. The molecule has 13 heavy (non-hydrogen) atoms. The van der Waals surface area contributed by atoms with E-state index in [0.717, 1.165) is 18.8 Å². The summed E-state index contributed by atoms with van der Waals surface area (Å²) in [5.41, 5.74) is 0. The Morgan fingerprint density at radius 1 is 1.15 bits per heavy atom. The maximum absolute atomic E-state index is 10.2. The van der Waals surface area contributed by atoms with Crippen LogP contribution in [-0.2, 0) is 5.11 Å². The van der Waals surface area contributed by atoms with Gasteiger partial charge in [0.2, 0.25) is 0 Å². The molecule has 0 rings (SSSR count). The van der Waals surface area contributed by atoms with Crippen LogP contribution >= 0.6 is 0 Å². The molecular formula is C12H23O. The first kappa shape index (κ1) is 12.7. The molecule has 1 unspecified atom stereocenters. The number of unbranched alkanes of at least 4 members (excludes halogenated alkanes) is 2. The number of rotatable bonds is 8. The Hall–Kier alpha value is -0.300. The molecule has 0 fully saturated rings. The van der Waals surface area contributed by atoms with Gasteiger partial charge in [0.1, 0.15) is 0 Å². The molecule has 1 heteroatoms. The van der Waals surface area contributed by atoms with E-state index in [1.807, 2.05) is 0 Å². The van der Waals surface area contributed by atoms with Crippen molar-refractivity contribution in [3.63, 3.8) is 0 Å². The molecular weight excluding hydrogens is 160 g/mol. The Bertz CT molecular complexity index is 118. The van der Waals surface area contributed by atoms with Crippen LogP contribution in [-0.4, -0.2) is 6.61 Å². The lowest BCUT2D eigenvalue weighted by atomic mass is 9.98. The highest BCUT2D eigenvalue weighted by atomic mass is 16.2. The van der Waals surface area contributed by atoms with Gasteiger partial charge in [0, 0.05) is 0 Å². The van der Waals surface area contributed by atoms with Crippen LogP contribution in [0.3, 0.4) is 0 Å². The molecule has 0 spiro atoms. The Kier molecular flexibility index (Phi) is 9.56. The largest absolute Gasteiger partial charge is 0.237 e. The third-order valence-electron chi connectivity index (χ3n) is 2.39. The average Bonchev–Trinajstić information content (AvgIpc) is 2.13. The summed E-state index contributed by atoms with van der Waals surface area (Å²) in [6.45, 7) is 4.46. The van der Waals surface area contributed by atoms with E-state index >= 15 is 0 Å². The van der Waals surface area contributed by atoms with Crippen LogP contribution in [0.15, 0.2) is 12.2 Å².